The molecule has 1 saturated heterocycles. The maximum atomic E-state index is 10.8. The van der Waals surface area contributed by atoms with Crippen LogP contribution in [0.1, 0.15) is 31.9 Å². The Labute approximate surface area is 112 Å². The maximum Gasteiger partial charge on any atom is 0.332 e. The van der Waals surface area contributed by atoms with Gasteiger partial charge in [-0.1, -0.05) is 13.3 Å². The first kappa shape index (κ1) is 13.7. The Morgan fingerprint density at radius 3 is 3.05 bits per heavy atom. The highest BCUT2D eigenvalue weighted by atomic mass is 16.5. The fraction of sp³-hybridized carbons (Fsp3) is 0.615. The number of anilines is 1. The van der Waals surface area contributed by atoms with Gasteiger partial charge in [0.25, 0.3) is 0 Å². The summed E-state index contributed by atoms with van der Waals surface area (Å²) in [6.45, 7) is 2.68. The summed E-state index contributed by atoms with van der Waals surface area (Å²) in [4.78, 5) is 19.1. The second kappa shape index (κ2) is 6.47. The molecule has 2 N–H and O–H groups in total. The number of nitrogens with zero attached hydrogens (tertiary/aromatic N) is 2. The van der Waals surface area contributed by atoms with Crippen LogP contribution in [0.2, 0.25) is 0 Å². The molecule has 2 heterocycles. The number of ether oxygens (including phenoxy) is 1. The normalized spacial score (nSPS) is 22.4. The monoisotopic (exact) mass is 265 g/mol. The molecule has 0 spiro atoms. The van der Waals surface area contributed by atoms with Gasteiger partial charge in [0.1, 0.15) is 12.1 Å². The Kier molecular flexibility index (Phi) is 4.68. The average molecular weight is 265 g/mol. The Morgan fingerprint density at radius 2 is 2.37 bits per heavy atom. The number of aliphatic carboxylic acids is 1. The molecule has 0 bridgehead atoms. The van der Waals surface area contributed by atoms with Gasteiger partial charge in [-0.15, -0.1) is 0 Å². The van der Waals surface area contributed by atoms with Crippen molar-refractivity contribution in [2.24, 2.45) is 0 Å². The van der Waals surface area contributed by atoms with Crippen LogP contribution >= 0.6 is 0 Å². The second-order valence-electron chi connectivity index (χ2n) is 4.69. The van der Waals surface area contributed by atoms with E-state index in [2.05, 4.69) is 22.2 Å². The standard InChI is InChI=1S/C13H19N3O3/c1-2-3-9-6-12(16-8-15-9)14-7-10-4-5-11(19-10)13(17)18/h6,8,10-11H,2-5,7H2,1H3,(H,17,18)(H,14,15,16). The van der Waals surface area contributed by atoms with E-state index in [0.717, 1.165) is 30.8 Å². The Bertz CT molecular complexity index is 439. The molecular weight excluding hydrogens is 246 g/mol. The van der Waals surface area contributed by atoms with Gasteiger partial charge in [-0.3, -0.25) is 0 Å². The van der Waals surface area contributed by atoms with Gasteiger partial charge in [0, 0.05) is 18.3 Å². The van der Waals surface area contributed by atoms with Crippen LogP contribution in [-0.2, 0) is 16.0 Å². The van der Waals surface area contributed by atoms with Crippen molar-refractivity contribution in [2.45, 2.75) is 44.8 Å². The van der Waals surface area contributed by atoms with Gasteiger partial charge in [0.05, 0.1) is 6.10 Å². The van der Waals surface area contributed by atoms with E-state index >= 15 is 0 Å². The Morgan fingerprint density at radius 1 is 1.53 bits per heavy atom. The molecule has 0 radical (unpaired) electrons. The van der Waals surface area contributed by atoms with Crippen LogP contribution in [0.5, 0.6) is 0 Å². The molecule has 1 fully saturated rings. The number of carboxylic acid groups (broad SMARTS) is 1. The number of carbonyl (C=O) groups is 1. The van der Waals surface area contributed by atoms with Crippen molar-refractivity contribution in [1.29, 1.82) is 0 Å². The molecule has 0 aromatic carbocycles. The summed E-state index contributed by atoms with van der Waals surface area (Å²) < 4.78 is 5.42. The Balaban J connectivity index is 1.82. The summed E-state index contributed by atoms with van der Waals surface area (Å²) in [6.07, 6.45) is 4.13. The SMILES string of the molecule is CCCc1cc(NCC2CCC(C(=O)O)O2)ncn1. The quantitative estimate of drug-likeness (QED) is 0.810. The van der Waals surface area contributed by atoms with E-state index in [9.17, 15) is 4.79 Å². The van der Waals surface area contributed by atoms with Gasteiger partial charge in [-0.25, -0.2) is 14.8 Å². The smallest absolute Gasteiger partial charge is 0.332 e. The number of aromatic nitrogens is 2. The second-order valence-corrected chi connectivity index (χ2v) is 4.69. The predicted octanol–water partition coefficient (Wildman–Crippen LogP) is 1.47. The van der Waals surface area contributed by atoms with E-state index < -0.39 is 12.1 Å². The van der Waals surface area contributed by atoms with Crippen LogP contribution in [0.4, 0.5) is 5.82 Å². The van der Waals surface area contributed by atoms with Crippen molar-refractivity contribution >= 4 is 11.8 Å². The van der Waals surface area contributed by atoms with Crippen LogP contribution in [0.25, 0.3) is 0 Å². The minimum Gasteiger partial charge on any atom is -0.479 e. The highest BCUT2D eigenvalue weighted by molar-refractivity contribution is 5.72. The molecule has 1 aliphatic heterocycles. The van der Waals surface area contributed by atoms with Crippen LogP contribution in [0, 0.1) is 0 Å². The van der Waals surface area contributed by atoms with Crippen molar-refractivity contribution in [3.63, 3.8) is 0 Å². The topological polar surface area (TPSA) is 84.3 Å². The summed E-state index contributed by atoms with van der Waals surface area (Å²) >= 11 is 0. The summed E-state index contributed by atoms with van der Waals surface area (Å²) in [6, 6.07) is 1.92. The summed E-state index contributed by atoms with van der Waals surface area (Å²) in [5, 5.41) is 12.0. The van der Waals surface area contributed by atoms with Crippen LogP contribution in [0.3, 0.4) is 0 Å². The first-order valence-corrected chi connectivity index (χ1v) is 6.62. The maximum absolute atomic E-state index is 10.8. The minimum atomic E-state index is -0.880. The number of hydrogen-bond acceptors (Lipinski definition) is 5. The van der Waals surface area contributed by atoms with Gasteiger partial charge in [-0.2, -0.15) is 0 Å². The van der Waals surface area contributed by atoms with Crippen molar-refractivity contribution in [2.75, 3.05) is 11.9 Å². The predicted molar refractivity (Wildman–Crippen MR) is 70.0 cm³/mol. The van der Waals surface area contributed by atoms with Crippen molar-refractivity contribution in [3.8, 4) is 0 Å². The molecule has 104 valence electrons. The van der Waals surface area contributed by atoms with Crippen LogP contribution in [0.15, 0.2) is 12.4 Å². The van der Waals surface area contributed by atoms with Crippen molar-refractivity contribution in [3.05, 3.63) is 18.1 Å². The van der Waals surface area contributed by atoms with Crippen molar-refractivity contribution in [1.82, 2.24) is 9.97 Å². The zero-order valence-corrected chi connectivity index (χ0v) is 11.0. The van der Waals surface area contributed by atoms with Crippen LogP contribution < -0.4 is 5.32 Å². The molecule has 1 aromatic heterocycles. The Hall–Kier alpha value is -1.69. The molecule has 1 aliphatic rings. The fourth-order valence-corrected chi connectivity index (χ4v) is 2.14. The highest BCUT2D eigenvalue weighted by Crippen LogP contribution is 2.20. The zero-order valence-electron chi connectivity index (χ0n) is 11.0. The minimum absolute atomic E-state index is 0.0642. The molecule has 6 nitrogen and oxygen atoms in total. The van der Waals surface area contributed by atoms with Crippen LogP contribution in [-0.4, -0.2) is 39.8 Å². The lowest BCUT2D eigenvalue weighted by Crippen LogP contribution is -2.24. The van der Waals surface area contributed by atoms with Gasteiger partial charge >= 0.3 is 5.97 Å². The number of hydrogen-bond donors (Lipinski definition) is 2. The third-order valence-electron chi connectivity index (χ3n) is 3.12. The van der Waals surface area contributed by atoms with Gasteiger partial charge in [0.15, 0.2) is 6.10 Å². The lowest BCUT2D eigenvalue weighted by Gasteiger charge is -2.12. The molecule has 1 aromatic rings. The lowest BCUT2D eigenvalue weighted by atomic mass is 10.2. The first-order chi connectivity index (χ1) is 9.19. The highest BCUT2D eigenvalue weighted by Gasteiger charge is 2.30. The number of rotatable bonds is 6. The molecule has 0 saturated carbocycles. The molecule has 0 aliphatic carbocycles. The summed E-state index contributed by atoms with van der Waals surface area (Å²) in [7, 11) is 0. The van der Waals surface area contributed by atoms with E-state index in [-0.39, 0.29) is 6.10 Å². The molecule has 6 heteroatoms. The molecular formula is C13H19N3O3. The summed E-state index contributed by atoms with van der Waals surface area (Å²) in [5.74, 6) is -0.115. The van der Waals surface area contributed by atoms with Gasteiger partial charge < -0.3 is 15.2 Å². The van der Waals surface area contributed by atoms with E-state index in [1.165, 1.54) is 0 Å². The van der Waals surface area contributed by atoms with E-state index in [0.29, 0.717) is 13.0 Å². The summed E-state index contributed by atoms with van der Waals surface area (Å²) in [5.41, 5.74) is 1.01. The third kappa shape index (κ3) is 3.89. The molecule has 2 unspecified atom stereocenters. The molecule has 0 amide bonds. The number of carboxylic acids is 1. The van der Waals surface area contributed by atoms with E-state index in [4.69, 9.17) is 9.84 Å². The zero-order chi connectivity index (χ0) is 13.7. The van der Waals surface area contributed by atoms with E-state index in [1.807, 2.05) is 6.07 Å². The molecule has 2 atom stereocenters. The third-order valence-corrected chi connectivity index (χ3v) is 3.12. The number of nitrogens with one attached hydrogen (secondary N) is 1. The lowest BCUT2D eigenvalue weighted by molar-refractivity contribution is -0.149. The molecule has 19 heavy (non-hydrogen) atoms. The van der Waals surface area contributed by atoms with Gasteiger partial charge in [0.2, 0.25) is 0 Å². The first-order valence-electron chi connectivity index (χ1n) is 6.62. The van der Waals surface area contributed by atoms with E-state index in [1.54, 1.807) is 6.33 Å². The fourth-order valence-electron chi connectivity index (χ4n) is 2.14. The van der Waals surface area contributed by atoms with Gasteiger partial charge in [-0.05, 0) is 19.3 Å². The average Bonchev–Trinajstić information content (AvgIpc) is 2.86. The number of aryl methyl sites for hydroxylation is 1. The van der Waals surface area contributed by atoms with Crippen molar-refractivity contribution < 1.29 is 14.6 Å². The largest absolute Gasteiger partial charge is 0.479 e. The molecule has 2 rings (SSSR count).